The molecule has 2 aliphatic heterocycles. The zero-order chi connectivity index (χ0) is 17.8. The Hall–Kier alpha value is -1.57. The van der Waals surface area contributed by atoms with Crippen molar-refractivity contribution in [2.75, 3.05) is 13.2 Å². The normalized spacial score (nSPS) is 30.0. The van der Waals surface area contributed by atoms with E-state index < -0.39 is 23.8 Å². The minimum absolute atomic E-state index is 0.103. The lowest BCUT2D eigenvalue weighted by atomic mass is 9.94. The maximum absolute atomic E-state index is 14.1. The van der Waals surface area contributed by atoms with Crippen LogP contribution in [0.4, 0.5) is 8.78 Å². The lowest BCUT2D eigenvalue weighted by Gasteiger charge is -2.38. The van der Waals surface area contributed by atoms with Gasteiger partial charge in [-0.25, -0.2) is 8.78 Å². The van der Waals surface area contributed by atoms with Crippen LogP contribution in [0.5, 0.6) is 0 Å². The molecule has 0 saturated carbocycles. The second-order valence-corrected chi connectivity index (χ2v) is 6.52. The predicted octanol–water partition coefficient (Wildman–Crippen LogP) is 2.84. The Balaban J connectivity index is 1.71. The van der Waals surface area contributed by atoms with Crippen molar-refractivity contribution in [2.24, 2.45) is 0 Å². The molecule has 0 spiro atoms. The van der Waals surface area contributed by atoms with Crippen LogP contribution < -0.4 is 5.32 Å². The monoisotopic (exact) mass is 355 g/mol. The Bertz CT molecular complexity index is 607. The van der Waals surface area contributed by atoms with Gasteiger partial charge in [-0.3, -0.25) is 4.79 Å². The van der Waals surface area contributed by atoms with Crippen molar-refractivity contribution in [3.8, 4) is 0 Å². The third-order valence-electron chi connectivity index (χ3n) is 4.48. The number of nitrogens with one attached hydrogen (secondary N) is 1. The molecule has 25 heavy (non-hydrogen) atoms. The third-order valence-corrected chi connectivity index (χ3v) is 4.48. The summed E-state index contributed by atoms with van der Waals surface area (Å²) in [7, 11) is 0. The molecule has 2 aliphatic rings. The van der Waals surface area contributed by atoms with Gasteiger partial charge in [-0.05, 0) is 43.9 Å². The molecule has 3 rings (SSSR count). The summed E-state index contributed by atoms with van der Waals surface area (Å²) in [6.07, 6.45) is 2.03. The highest BCUT2D eigenvalue weighted by atomic mass is 19.1. The summed E-state index contributed by atoms with van der Waals surface area (Å²) in [4.78, 5) is 11.5. The van der Waals surface area contributed by atoms with Gasteiger partial charge in [0.2, 0.25) is 5.91 Å². The topological polar surface area (TPSA) is 56.8 Å². The Morgan fingerprint density at radius 2 is 2.12 bits per heavy atom. The number of rotatable bonds is 4. The van der Waals surface area contributed by atoms with Gasteiger partial charge in [0.25, 0.3) is 0 Å². The second kappa shape index (κ2) is 8.21. The number of benzene rings is 1. The average molecular weight is 355 g/mol. The van der Waals surface area contributed by atoms with E-state index in [1.165, 1.54) is 6.92 Å². The molecule has 5 nitrogen and oxygen atoms in total. The fourth-order valence-corrected chi connectivity index (χ4v) is 3.36. The quantitative estimate of drug-likeness (QED) is 0.902. The molecule has 2 heterocycles. The van der Waals surface area contributed by atoms with E-state index in [-0.39, 0.29) is 30.5 Å². The molecular formula is C18H23F2NO4. The van der Waals surface area contributed by atoms with Gasteiger partial charge in [0.05, 0.1) is 18.8 Å². The molecule has 1 aromatic rings. The molecule has 0 radical (unpaired) electrons. The van der Waals surface area contributed by atoms with Crippen molar-refractivity contribution in [3.63, 3.8) is 0 Å². The van der Waals surface area contributed by atoms with Crippen LogP contribution >= 0.6 is 0 Å². The molecule has 1 aromatic carbocycles. The minimum atomic E-state index is -0.758. The van der Waals surface area contributed by atoms with Crippen LogP contribution in [0.1, 0.15) is 44.3 Å². The first-order valence-corrected chi connectivity index (χ1v) is 8.63. The first kappa shape index (κ1) is 18.2. The number of hydrogen-bond donors (Lipinski definition) is 1. The Labute approximate surface area is 145 Å². The third kappa shape index (κ3) is 4.74. The van der Waals surface area contributed by atoms with E-state index >= 15 is 0 Å². The lowest BCUT2D eigenvalue weighted by Crippen LogP contribution is -2.48. The summed E-state index contributed by atoms with van der Waals surface area (Å²) in [6.45, 7) is 2.29. The van der Waals surface area contributed by atoms with Gasteiger partial charge in [-0.15, -0.1) is 0 Å². The highest BCUT2D eigenvalue weighted by molar-refractivity contribution is 5.73. The van der Waals surface area contributed by atoms with Crippen LogP contribution in [0.15, 0.2) is 18.2 Å². The van der Waals surface area contributed by atoms with E-state index in [1.807, 2.05) is 0 Å². The molecule has 1 unspecified atom stereocenters. The van der Waals surface area contributed by atoms with Crippen molar-refractivity contribution in [3.05, 3.63) is 35.4 Å². The van der Waals surface area contributed by atoms with E-state index in [1.54, 1.807) is 0 Å². The van der Waals surface area contributed by atoms with Crippen molar-refractivity contribution >= 4 is 5.91 Å². The maximum Gasteiger partial charge on any atom is 0.217 e. The standard InChI is InChI=1S/C18H23F2NO4/c1-11(22)21-16-9-13(25-17-4-2-3-7-23-17)10-24-18(16)14-8-12(19)5-6-15(14)20/h5-6,8,13,16-18H,2-4,7,9-10H2,1H3,(H,21,22)/t13-,16-,17?,18+/m0/s1. The van der Waals surface area contributed by atoms with Crippen LogP contribution in [0, 0.1) is 11.6 Å². The Morgan fingerprint density at radius 1 is 1.28 bits per heavy atom. The molecular weight excluding hydrogens is 332 g/mol. The molecule has 0 bridgehead atoms. The van der Waals surface area contributed by atoms with Crippen LogP contribution in [0.3, 0.4) is 0 Å². The summed E-state index contributed by atoms with van der Waals surface area (Å²) in [5.41, 5.74) is 0.103. The van der Waals surface area contributed by atoms with Crippen LogP contribution in [-0.2, 0) is 19.0 Å². The fourth-order valence-electron chi connectivity index (χ4n) is 3.36. The molecule has 2 fully saturated rings. The molecule has 4 atom stereocenters. The fraction of sp³-hybridized carbons (Fsp3) is 0.611. The van der Waals surface area contributed by atoms with Gasteiger partial charge in [-0.2, -0.15) is 0 Å². The summed E-state index contributed by atoms with van der Waals surface area (Å²) < 4.78 is 44.9. The second-order valence-electron chi connectivity index (χ2n) is 6.52. The molecule has 1 amide bonds. The number of amides is 1. The number of ether oxygens (including phenoxy) is 3. The summed E-state index contributed by atoms with van der Waals surface area (Å²) >= 11 is 0. The SMILES string of the molecule is CC(=O)N[C@H]1C[C@H](OC2CCCCO2)CO[C@@H]1c1cc(F)ccc1F. The zero-order valence-corrected chi connectivity index (χ0v) is 14.2. The van der Waals surface area contributed by atoms with Crippen molar-refractivity contribution in [1.29, 1.82) is 0 Å². The highest BCUT2D eigenvalue weighted by Crippen LogP contribution is 2.32. The number of carbonyl (C=O) groups excluding carboxylic acids is 1. The number of hydrogen-bond acceptors (Lipinski definition) is 4. The van der Waals surface area contributed by atoms with Gasteiger partial charge >= 0.3 is 0 Å². The lowest BCUT2D eigenvalue weighted by molar-refractivity contribution is -0.216. The smallest absolute Gasteiger partial charge is 0.217 e. The van der Waals surface area contributed by atoms with E-state index in [2.05, 4.69) is 5.32 Å². The van der Waals surface area contributed by atoms with Gasteiger partial charge in [0, 0.05) is 19.1 Å². The molecule has 1 N–H and O–H groups in total. The van der Waals surface area contributed by atoms with E-state index in [0.29, 0.717) is 13.0 Å². The first-order valence-electron chi connectivity index (χ1n) is 8.63. The minimum Gasteiger partial charge on any atom is -0.369 e. The van der Waals surface area contributed by atoms with Crippen molar-refractivity contribution < 1.29 is 27.8 Å². The molecule has 138 valence electrons. The van der Waals surface area contributed by atoms with E-state index in [9.17, 15) is 13.6 Å². The summed E-state index contributed by atoms with van der Waals surface area (Å²) in [5, 5.41) is 2.77. The summed E-state index contributed by atoms with van der Waals surface area (Å²) in [5.74, 6) is -1.36. The Morgan fingerprint density at radius 3 is 2.84 bits per heavy atom. The van der Waals surface area contributed by atoms with Gasteiger partial charge in [0.1, 0.15) is 17.7 Å². The molecule has 7 heteroatoms. The predicted molar refractivity (Wildman–Crippen MR) is 85.7 cm³/mol. The Kier molecular flexibility index (Phi) is 5.98. The average Bonchev–Trinajstić information content (AvgIpc) is 2.58. The molecule has 2 saturated heterocycles. The van der Waals surface area contributed by atoms with Crippen LogP contribution in [0.25, 0.3) is 0 Å². The first-order chi connectivity index (χ1) is 12.0. The largest absolute Gasteiger partial charge is 0.369 e. The van der Waals surface area contributed by atoms with E-state index in [4.69, 9.17) is 14.2 Å². The number of carbonyl (C=O) groups is 1. The van der Waals surface area contributed by atoms with Crippen molar-refractivity contribution in [2.45, 2.75) is 57.1 Å². The molecule has 0 aliphatic carbocycles. The van der Waals surface area contributed by atoms with Crippen molar-refractivity contribution in [1.82, 2.24) is 5.32 Å². The van der Waals surface area contributed by atoms with Gasteiger partial charge < -0.3 is 19.5 Å². The maximum atomic E-state index is 14.1. The summed E-state index contributed by atoms with van der Waals surface area (Å²) in [6, 6.07) is 2.73. The zero-order valence-electron chi connectivity index (χ0n) is 14.2. The number of halogens is 2. The van der Waals surface area contributed by atoms with E-state index in [0.717, 1.165) is 37.5 Å². The molecule has 0 aromatic heterocycles. The van der Waals surface area contributed by atoms with Crippen LogP contribution in [-0.4, -0.2) is 37.6 Å². The van der Waals surface area contributed by atoms with Gasteiger partial charge in [0.15, 0.2) is 6.29 Å². The highest BCUT2D eigenvalue weighted by Gasteiger charge is 2.36. The van der Waals surface area contributed by atoms with Crippen LogP contribution in [0.2, 0.25) is 0 Å². The van der Waals surface area contributed by atoms with Gasteiger partial charge in [-0.1, -0.05) is 0 Å².